The van der Waals surface area contributed by atoms with Gasteiger partial charge in [-0.05, 0) is 55.7 Å². The lowest BCUT2D eigenvalue weighted by atomic mass is 9.81. The lowest BCUT2D eigenvalue weighted by Crippen LogP contribution is -2.42. The predicted octanol–water partition coefficient (Wildman–Crippen LogP) is 4.67. The van der Waals surface area contributed by atoms with Crippen molar-refractivity contribution in [1.29, 1.82) is 5.26 Å². The summed E-state index contributed by atoms with van der Waals surface area (Å²) in [5.41, 5.74) is 8.34. The summed E-state index contributed by atoms with van der Waals surface area (Å²) in [7, 11) is 0. The Kier molecular flexibility index (Phi) is 6.60. The van der Waals surface area contributed by atoms with E-state index in [1.54, 1.807) is 30.3 Å². The van der Waals surface area contributed by atoms with Crippen LogP contribution in [0.4, 0.5) is 14.6 Å². The molecule has 2 aromatic rings. The second-order valence-corrected chi connectivity index (χ2v) is 8.78. The Morgan fingerprint density at radius 2 is 2.06 bits per heavy atom. The van der Waals surface area contributed by atoms with E-state index in [4.69, 9.17) is 10.5 Å². The van der Waals surface area contributed by atoms with Gasteiger partial charge >= 0.3 is 0 Å². The Hall–Kier alpha value is -3.31. The summed E-state index contributed by atoms with van der Waals surface area (Å²) in [4.78, 5) is 16.2. The molecule has 3 N–H and O–H groups in total. The first-order chi connectivity index (χ1) is 15.0. The molecule has 6 nitrogen and oxygen atoms in total. The number of alkyl halides is 2. The Morgan fingerprint density at radius 3 is 2.69 bits per heavy atom. The molecule has 1 aliphatic rings. The van der Waals surface area contributed by atoms with Crippen LogP contribution >= 0.6 is 0 Å². The number of carbonyl (C=O) groups excluding carboxylic acids is 1. The van der Waals surface area contributed by atoms with Gasteiger partial charge in [-0.2, -0.15) is 5.26 Å². The number of nitrogens with zero attached hydrogens (tertiary/aromatic N) is 2. The van der Waals surface area contributed by atoms with Crippen molar-refractivity contribution in [2.75, 3.05) is 11.9 Å². The van der Waals surface area contributed by atoms with Crippen molar-refractivity contribution in [3.63, 3.8) is 0 Å². The molecule has 1 atom stereocenters. The van der Waals surface area contributed by atoms with E-state index in [0.29, 0.717) is 23.3 Å². The highest BCUT2D eigenvalue weighted by Gasteiger charge is 2.48. The van der Waals surface area contributed by atoms with Crippen molar-refractivity contribution in [3.05, 3.63) is 54.2 Å². The normalized spacial score (nSPS) is 16.9. The minimum absolute atomic E-state index is 0.222. The van der Waals surface area contributed by atoms with Crippen LogP contribution in [-0.4, -0.2) is 29.0 Å². The molecule has 0 radical (unpaired) electrons. The molecule has 0 bridgehead atoms. The van der Waals surface area contributed by atoms with Gasteiger partial charge in [0.1, 0.15) is 24.2 Å². The van der Waals surface area contributed by atoms with Crippen molar-refractivity contribution in [3.8, 4) is 22.9 Å². The number of ether oxygens (including phenoxy) is 1. The Balaban J connectivity index is 1.72. The van der Waals surface area contributed by atoms with Crippen LogP contribution in [0.1, 0.15) is 38.7 Å². The number of nitrogens with one attached hydrogen (secondary N) is 1. The van der Waals surface area contributed by atoms with Crippen molar-refractivity contribution in [2.24, 2.45) is 11.7 Å². The highest BCUT2D eigenvalue weighted by Crippen LogP contribution is 2.42. The fourth-order valence-electron chi connectivity index (χ4n) is 3.66. The average molecular weight is 440 g/mol. The molecule has 1 aromatic heterocycles. The highest BCUT2D eigenvalue weighted by atomic mass is 19.3. The third-order valence-corrected chi connectivity index (χ3v) is 5.17. The van der Waals surface area contributed by atoms with Crippen LogP contribution in [0.2, 0.25) is 0 Å². The largest absolute Gasteiger partial charge is 0.490 e. The van der Waals surface area contributed by atoms with E-state index in [0.717, 1.165) is 11.1 Å². The predicted molar refractivity (Wildman–Crippen MR) is 118 cm³/mol. The fraction of sp³-hybridized carbons (Fsp3) is 0.375. The molecule has 0 spiro atoms. The molecule has 1 fully saturated rings. The molecule has 1 aliphatic carbocycles. The maximum Gasteiger partial charge on any atom is 0.249 e. The zero-order valence-corrected chi connectivity index (χ0v) is 18.1. The van der Waals surface area contributed by atoms with Crippen molar-refractivity contribution in [2.45, 2.75) is 44.6 Å². The monoisotopic (exact) mass is 440 g/mol. The molecule has 0 aliphatic heterocycles. The molecule has 168 valence electrons. The topological polar surface area (TPSA) is 101 Å². The van der Waals surface area contributed by atoms with E-state index in [-0.39, 0.29) is 12.4 Å². The summed E-state index contributed by atoms with van der Waals surface area (Å²) in [5, 5.41) is 12.2. The minimum Gasteiger partial charge on any atom is -0.490 e. The summed E-state index contributed by atoms with van der Waals surface area (Å²) in [6.07, 6.45) is 1.21. The summed E-state index contributed by atoms with van der Waals surface area (Å²) in [6.45, 7) is 7.85. The van der Waals surface area contributed by atoms with Gasteiger partial charge in [0.05, 0.1) is 11.1 Å². The minimum atomic E-state index is -2.76. The smallest absolute Gasteiger partial charge is 0.249 e. The van der Waals surface area contributed by atoms with E-state index in [1.807, 2.05) is 13.8 Å². The Morgan fingerprint density at radius 1 is 1.38 bits per heavy atom. The van der Waals surface area contributed by atoms with Crippen molar-refractivity contribution < 1.29 is 18.3 Å². The zero-order chi connectivity index (χ0) is 23.5. The van der Waals surface area contributed by atoms with Gasteiger partial charge in [-0.15, -0.1) is 6.58 Å². The third kappa shape index (κ3) is 5.89. The maximum atomic E-state index is 13.0. The average Bonchev–Trinajstić information content (AvgIpc) is 2.69. The number of nitrogens with two attached hydrogens (primary N) is 1. The van der Waals surface area contributed by atoms with Gasteiger partial charge in [0.25, 0.3) is 0 Å². The first kappa shape index (κ1) is 23.4. The van der Waals surface area contributed by atoms with E-state index >= 15 is 0 Å². The molecule has 0 unspecified atom stereocenters. The maximum absolute atomic E-state index is 13.0. The van der Waals surface area contributed by atoms with Crippen LogP contribution in [0.3, 0.4) is 0 Å². The number of nitriles is 1. The lowest BCUT2D eigenvalue weighted by molar-refractivity contribution is -0.145. The molecule has 32 heavy (non-hydrogen) atoms. The van der Waals surface area contributed by atoms with Crippen molar-refractivity contribution in [1.82, 2.24) is 4.98 Å². The number of benzene rings is 1. The van der Waals surface area contributed by atoms with Crippen LogP contribution in [0, 0.1) is 17.2 Å². The van der Waals surface area contributed by atoms with Gasteiger partial charge in [-0.1, -0.05) is 11.6 Å². The number of hydrogen-bond donors (Lipinski definition) is 2. The number of pyridine rings is 1. The second-order valence-electron chi connectivity index (χ2n) is 8.78. The number of rotatable bonds is 8. The lowest BCUT2D eigenvalue weighted by Gasteiger charge is -2.33. The van der Waals surface area contributed by atoms with E-state index in [2.05, 4.69) is 22.9 Å². The Bertz CT molecular complexity index is 1070. The van der Waals surface area contributed by atoms with Crippen LogP contribution in [0.25, 0.3) is 11.1 Å². The molecular formula is C24H26F2N4O2. The third-order valence-electron chi connectivity index (χ3n) is 5.17. The summed E-state index contributed by atoms with van der Waals surface area (Å²) < 4.78 is 31.8. The fourth-order valence-corrected chi connectivity index (χ4v) is 3.66. The van der Waals surface area contributed by atoms with Crippen LogP contribution in [-0.2, 0) is 4.79 Å². The van der Waals surface area contributed by atoms with Crippen LogP contribution in [0.15, 0.2) is 48.7 Å². The van der Waals surface area contributed by atoms with Gasteiger partial charge in [0.2, 0.25) is 11.8 Å². The number of aromatic nitrogens is 1. The zero-order valence-electron chi connectivity index (χ0n) is 18.1. The van der Waals surface area contributed by atoms with Crippen molar-refractivity contribution >= 4 is 11.7 Å². The second kappa shape index (κ2) is 9.05. The van der Waals surface area contributed by atoms with Gasteiger partial charge in [-0.25, -0.2) is 13.8 Å². The molecule has 8 heteroatoms. The van der Waals surface area contributed by atoms with Gasteiger partial charge < -0.3 is 15.8 Å². The summed E-state index contributed by atoms with van der Waals surface area (Å²) >= 11 is 0. The first-order valence-electron chi connectivity index (χ1n) is 10.2. The number of carbonyl (C=O) groups is 1. The Labute approximate surface area is 186 Å². The van der Waals surface area contributed by atoms with Gasteiger partial charge in [0, 0.05) is 25.0 Å². The molecule has 1 saturated carbocycles. The van der Waals surface area contributed by atoms with E-state index < -0.39 is 36.1 Å². The first-order valence-corrected chi connectivity index (χ1v) is 10.2. The number of amides is 1. The number of halogens is 2. The molecular weight excluding hydrogens is 414 g/mol. The highest BCUT2D eigenvalue weighted by molar-refractivity contribution is 5.93. The molecule has 1 heterocycles. The number of anilines is 1. The molecule has 1 amide bonds. The molecule has 1 aromatic carbocycles. The molecule has 3 rings (SSSR count). The van der Waals surface area contributed by atoms with Gasteiger partial charge in [-0.3, -0.25) is 4.79 Å². The SMILES string of the molecule is C=C(C)C[C@](C)(N)COc1ccc(-c2ccnc(NC(=O)C3CC(F)(F)C3)c2)cc1C#N. The summed E-state index contributed by atoms with van der Waals surface area (Å²) in [5.74, 6) is -3.26. The molecule has 0 saturated heterocycles. The van der Waals surface area contributed by atoms with E-state index in [9.17, 15) is 18.8 Å². The van der Waals surface area contributed by atoms with Crippen LogP contribution in [0.5, 0.6) is 5.75 Å². The quantitative estimate of drug-likeness (QED) is 0.581. The number of hydrogen-bond acceptors (Lipinski definition) is 5. The van der Waals surface area contributed by atoms with Gasteiger partial charge in [0.15, 0.2) is 0 Å². The van der Waals surface area contributed by atoms with Crippen LogP contribution < -0.4 is 15.8 Å². The van der Waals surface area contributed by atoms with E-state index in [1.165, 1.54) is 6.20 Å². The standard InChI is InChI=1S/C24H26F2N4O2/c1-15(2)10-23(3,28)14-32-20-5-4-16(8-18(20)13-27)17-6-7-29-21(9-17)30-22(31)19-11-24(25,26)12-19/h4-9,19H,1,10-12,14,28H2,2-3H3,(H,29,30,31)/t23-/m0/s1. The summed E-state index contributed by atoms with van der Waals surface area (Å²) in [6, 6.07) is 10.7.